The van der Waals surface area contributed by atoms with Gasteiger partial charge in [-0.3, -0.25) is 19.7 Å². The van der Waals surface area contributed by atoms with Crippen molar-refractivity contribution in [3.8, 4) is 0 Å². The SMILES string of the molecule is O=C(CN1C(=O)Cc2cc(F)c(Cl)cc21)NC(=O)C(Cl)(Cl)Cl. The first-order chi connectivity index (χ1) is 10.1. The van der Waals surface area contributed by atoms with E-state index in [0.717, 1.165) is 11.0 Å². The summed E-state index contributed by atoms with van der Waals surface area (Å²) in [6.45, 7) is -0.486. The van der Waals surface area contributed by atoms with Crippen molar-refractivity contribution in [3.63, 3.8) is 0 Å². The fourth-order valence-electron chi connectivity index (χ4n) is 1.92. The van der Waals surface area contributed by atoms with Crippen LogP contribution in [0.25, 0.3) is 0 Å². The predicted molar refractivity (Wildman–Crippen MR) is 80.9 cm³/mol. The van der Waals surface area contributed by atoms with E-state index in [1.165, 1.54) is 6.07 Å². The van der Waals surface area contributed by atoms with Gasteiger partial charge in [0.25, 0.3) is 9.70 Å². The number of rotatable bonds is 2. The molecule has 0 spiro atoms. The molecule has 0 saturated heterocycles. The number of alkyl halides is 3. The zero-order valence-electron chi connectivity index (χ0n) is 10.6. The Balaban J connectivity index is 2.15. The van der Waals surface area contributed by atoms with Crippen molar-refractivity contribution in [1.82, 2.24) is 5.32 Å². The van der Waals surface area contributed by atoms with E-state index in [2.05, 4.69) is 0 Å². The summed E-state index contributed by atoms with van der Waals surface area (Å²) in [5, 5.41) is 1.67. The number of carbonyl (C=O) groups is 3. The molecule has 118 valence electrons. The summed E-state index contributed by atoms with van der Waals surface area (Å²) in [7, 11) is 0. The van der Waals surface area contributed by atoms with Crippen molar-refractivity contribution in [3.05, 3.63) is 28.5 Å². The molecular weight excluding hydrogens is 381 g/mol. The molecule has 1 heterocycles. The fourth-order valence-corrected chi connectivity index (χ4v) is 2.22. The van der Waals surface area contributed by atoms with Crippen LogP contribution in [0.3, 0.4) is 0 Å². The minimum Gasteiger partial charge on any atom is -0.302 e. The first kappa shape index (κ1) is 17.3. The van der Waals surface area contributed by atoms with Gasteiger partial charge in [-0.1, -0.05) is 46.4 Å². The average molecular weight is 388 g/mol. The lowest BCUT2D eigenvalue weighted by molar-refractivity contribution is -0.130. The zero-order chi connectivity index (χ0) is 16.7. The van der Waals surface area contributed by atoms with E-state index >= 15 is 0 Å². The van der Waals surface area contributed by atoms with Gasteiger partial charge in [-0.05, 0) is 17.7 Å². The summed E-state index contributed by atoms with van der Waals surface area (Å²) >= 11 is 21.6. The number of nitrogens with one attached hydrogen (secondary N) is 1. The van der Waals surface area contributed by atoms with Gasteiger partial charge in [0.15, 0.2) is 0 Å². The van der Waals surface area contributed by atoms with Gasteiger partial charge in [-0.25, -0.2) is 4.39 Å². The van der Waals surface area contributed by atoms with Crippen LogP contribution in [0.4, 0.5) is 10.1 Å². The van der Waals surface area contributed by atoms with Crippen LogP contribution < -0.4 is 10.2 Å². The highest BCUT2D eigenvalue weighted by Gasteiger charge is 2.34. The minimum absolute atomic E-state index is 0.0743. The molecule has 10 heteroatoms. The maximum absolute atomic E-state index is 13.4. The number of hydrogen-bond donors (Lipinski definition) is 1. The number of halogens is 5. The third-order valence-corrected chi connectivity index (χ3v) is 3.67. The molecule has 0 aliphatic carbocycles. The monoisotopic (exact) mass is 386 g/mol. The highest BCUT2D eigenvalue weighted by Crippen LogP contribution is 2.33. The van der Waals surface area contributed by atoms with E-state index in [-0.39, 0.29) is 11.4 Å². The van der Waals surface area contributed by atoms with Crippen molar-refractivity contribution >= 4 is 69.8 Å². The molecule has 1 aliphatic heterocycles. The van der Waals surface area contributed by atoms with Gasteiger partial charge >= 0.3 is 0 Å². The van der Waals surface area contributed by atoms with Gasteiger partial charge in [0.2, 0.25) is 11.8 Å². The van der Waals surface area contributed by atoms with Crippen molar-refractivity contribution in [1.29, 1.82) is 0 Å². The van der Waals surface area contributed by atoms with E-state index in [4.69, 9.17) is 46.4 Å². The summed E-state index contributed by atoms with van der Waals surface area (Å²) in [5.41, 5.74) is 0.695. The Labute approximate surface area is 144 Å². The van der Waals surface area contributed by atoms with E-state index < -0.39 is 33.9 Å². The Morgan fingerprint density at radius 1 is 1.32 bits per heavy atom. The molecule has 0 radical (unpaired) electrons. The van der Waals surface area contributed by atoms with E-state index in [0.29, 0.717) is 11.3 Å². The molecule has 0 saturated carbocycles. The van der Waals surface area contributed by atoms with E-state index in [9.17, 15) is 18.8 Å². The minimum atomic E-state index is -2.30. The maximum Gasteiger partial charge on any atom is 0.278 e. The van der Waals surface area contributed by atoms with Crippen LogP contribution in [0.15, 0.2) is 12.1 Å². The standard InChI is InChI=1S/C12H7Cl4FN2O3/c13-6-3-8-5(1-7(6)17)2-10(21)19(8)4-9(20)18-11(22)12(14,15)16/h1,3H,2,4H2,(H,18,20,22). The fraction of sp³-hybridized carbons (Fsp3) is 0.250. The molecule has 5 nitrogen and oxygen atoms in total. The lowest BCUT2D eigenvalue weighted by atomic mass is 10.1. The van der Waals surface area contributed by atoms with Gasteiger partial charge in [0.05, 0.1) is 11.4 Å². The smallest absolute Gasteiger partial charge is 0.278 e. The normalized spacial score (nSPS) is 14.0. The first-order valence-corrected chi connectivity index (χ1v) is 7.30. The second-order valence-electron chi connectivity index (χ2n) is 4.43. The van der Waals surface area contributed by atoms with Crippen molar-refractivity contribution in [2.24, 2.45) is 0 Å². The molecule has 1 aliphatic rings. The summed E-state index contributed by atoms with van der Waals surface area (Å²) < 4.78 is 11.1. The number of fused-ring (bicyclic) bond motifs is 1. The Bertz CT molecular complexity index is 675. The molecule has 22 heavy (non-hydrogen) atoms. The van der Waals surface area contributed by atoms with Crippen LogP contribution in [-0.2, 0) is 20.8 Å². The van der Waals surface area contributed by atoms with Crippen molar-refractivity contribution in [2.75, 3.05) is 11.4 Å². The quantitative estimate of drug-likeness (QED) is 0.792. The Kier molecular flexibility index (Phi) is 4.87. The van der Waals surface area contributed by atoms with E-state index in [1.54, 1.807) is 0 Å². The molecule has 0 unspecified atom stereocenters. The van der Waals surface area contributed by atoms with Crippen LogP contribution in [-0.4, -0.2) is 28.1 Å². The second-order valence-corrected chi connectivity index (χ2v) is 7.12. The summed E-state index contributed by atoms with van der Waals surface area (Å²) in [5.74, 6) is -3.08. The lowest BCUT2D eigenvalue weighted by Gasteiger charge is -2.18. The molecule has 3 amide bonds. The van der Waals surface area contributed by atoms with Crippen LogP contribution >= 0.6 is 46.4 Å². The Hall–Kier alpha value is -1.08. The van der Waals surface area contributed by atoms with Crippen LogP contribution in [0.1, 0.15) is 5.56 Å². The number of amides is 3. The number of nitrogens with zero attached hydrogens (tertiary/aromatic N) is 1. The number of benzene rings is 1. The van der Waals surface area contributed by atoms with Crippen molar-refractivity contribution in [2.45, 2.75) is 10.2 Å². The summed E-state index contributed by atoms with van der Waals surface area (Å²) in [4.78, 5) is 36.1. The number of anilines is 1. The molecule has 0 aromatic heterocycles. The molecule has 1 aromatic carbocycles. The zero-order valence-corrected chi connectivity index (χ0v) is 13.7. The second kappa shape index (κ2) is 6.20. The predicted octanol–water partition coefficient (Wildman–Crippen LogP) is 2.38. The highest BCUT2D eigenvalue weighted by atomic mass is 35.6. The third-order valence-electron chi connectivity index (χ3n) is 2.87. The van der Waals surface area contributed by atoms with E-state index in [1.807, 2.05) is 5.32 Å². The van der Waals surface area contributed by atoms with Gasteiger partial charge in [-0.2, -0.15) is 0 Å². The molecule has 1 N–H and O–H groups in total. The lowest BCUT2D eigenvalue weighted by Crippen LogP contribution is -2.45. The Morgan fingerprint density at radius 3 is 2.55 bits per heavy atom. The van der Waals surface area contributed by atoms with Crippen molar-refractivity contribution < 1.29 is 18.8 Å². The number of hydrogen-bond acceptors (Lipinski definition) is 3. The molecular formula is C12H7Cl4FN2O3. The summed E-state index contributed by atoms with van der Waals surface area (Å²) in [6, 6.07) is 2.36. The third kappa shape index (κ3) is 3.63. The average Bonchev–Trinajstić information content (AvgIpc) is 2.65. The molecule has 0 bridgehead atoms. The van der Waals surface area contributed by atoms with Crippen LogP contribution in [0.5, 0.6) is 0 Å². The van der Waals surface area contributed by atoms with Gasteiger partial charge < -0.3 is 4.90 Å². The molecule has 0 fully saturated rings. The highest BCUT2D eigenvalue weighted by molar-refractivity contribution is 6.76. The van der Waals surface area contributed by atoms with Gasteiger partial charge in [0, 0.05) is 5.69 Å². The number of carbonyl (C=O) groups excluding carboxylic acids is 3. The molecule has 1 aromatic rings. The van der Waals surface area contributed by atoms with Gasteiger partial charge in [-0.15, -0.1) is 0 Å². The molecule has 0 atom stereocenters. The van der Waals surface area contributed by atoms with Crippen LogP contribution in [0.2, 0.25) is 5.02 Å². The van der Waals surface area contributed by atoms with Crippen LogP contribution in [0, 0.1) is 5.82 Å². The van der Waals surface area contributed by atoms with Gasteiger partial charge in [0.1, 0.15) is 12.4 Å². The molecule has 2 rings (SSSR count). The largest absolute Gasteiger partial charge is 0.302 e. The Morgan fingerprint density at radius 2 is 1.95 bits per heavy atom. The topological polar surface area (TPSA) is 66.5 Å². The first-order valence-electron chi connectivity index (χ1n) is 5.79. The number of imide groups is 1. The summed E-state index contributed by atoms with van der Waals surface area (Å²) in [6.07, 6.45) is -0.0743. The maximum atomic E-state index is 13.4.